The second-order valence-electron chi connectivity index (χ2n) is 24.4. The van der Waals surface area contributed by atoms with E-state index in [2.05, 4.69) is 0 Å². The van der Waals surface area contributed by atoms with Gasteiger partial charge in [-0.15, -0.1) is 0 Å². The third-order valence-electron chi connectivity index (χ3n) is 17.9. The van der Waals surface area contributed by atoms with Gasteiger partial charge in [0.15, 0.2) is 44.0 Å². The summed E-state index contributed by atoms with van der Waals surface area (Å²) in [6, 6.07) is 0. The fraction of sp³-hybridized carbons (Fsp3) is 0.981. The van der Waals surface area contributed by atoms with Crippen molar-refractivity contribution in [1.82, 2.24) is 0 Å². The van der Waals surface area contributed by atoms with Crippen LogP contribution in [0.15, 0.2) is 0 Å². The van der Waals surface area contributed by atoms with Crippen LogP contribution >= 0.6 is 0 Å². The molecule has 4 unspecified atom stereocenters. The van der Waals surface area contributed by atoms with Crippen LogP contribution in [0.1, 0.15) is 32.6 Å². The molecule has 0 saturated carbocycles. The molecule has 96 heavy (non-hydrogen) atoms. The van der Waals surface area contributed by atoms with E-state index in [-0.39, 0.29) is 13.0 Å². The standard InChI is InChI=1S/C42H70O35.C12H22O7/c43-1-8-29-15(50)22(57)36(64-8)72-30-9(2-44)66-38(24(59)17(30)52)74-32-11(4-46)68-40(26(61)19(32)54)76-34-13(6-48)70-42(28(63)21(34)56)77-35-14(7-49)69-41(27(62)20(35)55)75-33-12(5-47)67-39(25(60)18(33)53)73-31-10(3-45)65-37(71-29)23(58)16(31)51;1-2-3-4-5-9(14)18-7-12(17)11(16)10(15)8(13)6-19-12/h8-63H,1-7H2;8,10-11,13,15-17H,2-7H2,1H3/t8-,9-,10-,11-,12-,13-,14-,15-,16-,17-,18-,19+,20+,21+,22-,23-,24-,25-,26+,27-,28+,29-,30-,31-,32-,33-,34-,35-,36-,37-,38-,39-,40-,41-,42-;/m1./s1. The molecule has 14 bridgehead atoms. The highest BCUT2D eigenvalue weighted by atomic mass is 16.8. The largest absolute Gasteiger partial charge is 0.460 e. The summed E-state index contributed by atoms with van der Waals surface area (Å²) in [5.41, 5.74) is 0. The van der Waals surface area contributed by atoms with Crippen molar-refractivity contribution >= 4 is 5.97 Å². The van der Waals surface area contributed by atoms with Gasteiger partial charge in [-0.25, -0.2) is 0 Å². The van der Waals surface area contributed by atoms with Crippen molar-refractivity contribution < 1.29 is 208 Å². The van der Waals surface area contributed by atoms with Crippen molar-refractivity contribution in [3.63, 3.8) is 0 Å². The second-order valence-corrected chi connectivity index (χ2v) is 24.4. The summed E-state index contributed by atoms with van der Waals surface area (Å²) in [6.07, 6.45) is -72.0. The van der Waals surface area contributed by atoms with Gasteiger partial charge >= 0.3 is 5.97 Å². The second kappa shape index (κ2) is 34.9. The molecule has 560 valence electrons. The van der Waals surface area contributed by atoms with Gasteiger partial charge in [-0.3, -0.25) is 4.79 Å². The maximum Gasteiger partial charge on any atom is 0.305 e. The van der Waals surface area contributed by atoms with Crippen molar-refractivity contribution in [2.24, 2.45) is 0 Å². The van der Waals surface area contributed by atoms with Crippen molar-refractivity contribution in [2.45, 2.75) is 272 Å². The third kappa shape index (κ3) is 17.1. The van der Waals surface area contributed by atoms with E-state index in [1.54, 1.807) is 0 Å². The number of carbonyl (C=O) groups is 1. The molecular formula is C54H92O42. The fourth-order valence-electron chi connectivity index (χ4n) is 12.2. The van der Waals surface area contributed by atoms with Gasteiger partial charge in [0.2, 0.25) is 5.79 Å². The van der Waals surface area contributed by atoms with Crippen LogP contribution in [0.25, 0.3) is 0 Å². The summed E-state index contributed by atoms with van der Waals surface area (Å²) in [6.45, 7) is -6.25. The van der Waals surface area contributed by atoms with Crippen molar-refractivity contribution in [3.8, 4) is 0 Å². The Kier molecular flexibility index (Phi) is 28.9. The van der Waals surface area contributed by atoms with Gasteiger partial charge in [0.05, 0.1) is 52.9 Å². The molecule has 22 saturated heterocycles. The number of unbranched alkanes of at least 4 members (excludes halogenated alkanes) is 2. The molecule has 22 rings (SSSR count). The van der Waals surface area contributed by atoms with Crippen molar-refractivity contribution in [3.05, 3.63) is 0 Å². The Morgan fingerprint density at radius 3 is 0.750 bits per heavy atom. The number of ether oxygens (including phenoxy) is 16. The van der Waals surface area contributed by atoms with Crippen molar-refractivity contribution in [1.29, 1.82) is 0 Å². The van der Waals surface area contributed by atoms with Gasteiger partial charge in [0.1, 0.15) is 196 Å². The quantitative estimate of drug-likeness (QED) is 0.0601. The highest BCUT2D eigenvalue weighted by Gasteiger charge is 2.60. The van der Waals surface area contributed by atoms with E-state index in [1.165, 1.54) is 0 Å². The van der Waals surface area contributed by atoms with Crippen LogP contribution < -0.4 is 0 Å². The highest BCUT2D eigenvalue weighted by molar-refractivity contribution is 5.69. The number of aliphatic hydroxyl groups excluding tert-OH is 24. The van der Waals surface area contributed by atoms with E-state index in [4.69, 9.17) is 75.8 Å². The summed E-state index contributed by atoms with van der Waals surface area (Å²) in [7, 11) is 0. The van der Waals surface area contributed by atoms with Crippen LogP contribution in [0.5, 0.6) is 0 Å². The monoisotopic (exact) mass is 1410 g/mol. The molecule has 0 aromatic rings. The third-order valence-corrected chi connectivity index (χ3v) is 17.9. The first-order valence-electron chi connectivity index (χ1n) is 31.1. The van der Waals surface area contributed by atoms with E-state index in [9.17, 15) is 132 Å². The normalized spacial score (nSPS) is 51.4. The van der Waals surface area contributed by atoms with Gasteiger partial charge in [-0.05, 0) is 6.42 Å². The van der Waals surface area contributed by atoms with Gasteiger partial charge in [-0.1, -0.05) is 19.8 Å². The Labute approximate surface area is 544 Å². The molecule has 22 fully saturated rings. The first-order chi connectivity index (χ1) is 45.6. The van der Waals surface area contributed by atoms with E-state index >= 15 is 0 Å². The summed E-state index contributed by atoms with van der Waals surface area (Å²) in [4.78, 5) is 11.4. The lowest BCUT2D eigenvalue weighted by atomic mass is 9.95. The lowest BCUT2D eigenvalue weighted by Crippen LogP contribution is -2.68. The Hall–Kier alpha value is -2.13. The minimum atomic E-state index is -2.21. The molecule has 0 radical (unpaired) electrons. The number of carbonyl (C=O) groups excluding carboxylic acids is 1. The van der Waals surface area contributed by atoms with E-state index in [0.29, 0.717) is 6.42 Å². The molecule has 0 spiro atoms. The Morgan fingerprint density at radius 2 is 0.552 bits per heavy atom. The predicted octanol–water partition coefficient (Wildman–Crippen LogP) is -16.3. The van der Waals surface area contributed by atoms with E-state index in [0.717, 1.165) is 12.8 Å². The smallest absolute Gasteiger partial charge is 0.305 e. The van der Waals surface area contributed by atoms with Crippen LogP contribution in [0, 0.1) is 0 Å². The molecule has 42 heteroatoms. The number of rotatable bonds is 13. The number of hydrogen-bond acceptors (Lipinski definition) is 42. The predicted molar refractivity (Wildman–Crippen MR) is 292 cm³/mol. The van der Waals surface area contributed by atoms with E-state index < -0.39 is 298 Å². The lowest BCUT2D eigenvalue weighted by Gasteiger charge is -2.50. The zero-order valence-corrected chi connectivity index (χ0v) is 51.3. The molecule has 0 aromatic carbocycles. The minimum absolute atomic E-state index is 0.227. The summed E-state index contributed by atoms with van der Waals surface area (Å²) in [5.74, 6) is -2.68. The highest BCUT2D eigenvalue weighted by Crippen LogP contribution is 2.39. The molecule has 0 aromatic heterocycles. The number of aliphatic hydroxyl groups is 25. The van der Waals surface area contributed by atoms with Gasteiger partial charge in [0.25, 0.3) is 0 Å². The average molecular weight is 1410 g/mol. The molecule has 22 aliphatic heterocycles. The summed E-state index contributed by atoms with van der Waals surface area (Å²) < 4.78 is 89.1. The van der Waals surface area contributed by atoms with Crippen LogP contribution in [0.4, 0.5) is 0 Å². The molecule has 22 aliphatic rings. The van der Waals surface area contributed by atoms with Crippen LogP contribution in [-0.4, -0.2) is 432 Å². The zero-order chi connectivity index (χ0) is 70.5. The maximum atomic E-state index is 11.4. The minimum Gasteiger partial charge on any atom is -0.460 e. The molecular weight excluding hydrogens is 1320 g/mol. The maximum absolute atomic E-state index is 11.4. The first kappa shape index (κ1) is 79.6. The molecule has 0 aliphatic carbocycles. The molecule has 0 amide bonds. The Morgan fingerprint density at radius 1 is 0.333 bits per heavy atom. The van der Waals surface area contributed by atoms with Crippen molar-refractivity contribution in [2.75, 3.05) is 59.5 Å². The van der Waals surface area contributed by atoms with Crippen LogP contribution in [0.2, 0.25) is 0 Å². The lowest BCUT2D eigenvalue weighted by molar-refractivity contribution is -0.396. The Bertz CT molecular complexity index is 1980. The summed E-state index contributed by atoms with van der Waals surface area (Å²) in [5, 5.41) is 269. The molecule has 22 heterocycles. The zero-order valence-electron chi connectivity index (χ0n) is 51.3. The fourth-order valence-corrected chi connectivity index (χ4v) is 12.2. The molecule has 25 N–H and O–H groups in total. The van der Waals surface area contributed by atoms with Gasteiger partial charge in [-0.2, -0.15) is 0 Å². The molecule has 39 atom stereocenters. The topological polar surface area (TPSA) is 671 Å². The number of esters is 1. The van der Waals surface area contributed by atoms with Gasteiger partial charge in [0, 0.05) is 6.42 Å². The van der Waals surface area contributed by atoms with E-state index in [1.807, 2.05) is 6.92 Å². The Balaban J connectivity index is 0.000000534. The molecule has 42 nitrogen and oxygen atoms in total. The van der Waals surface area contributed by atoms with Gasteiger partial charge < -0.3 is 203 Å². The first-order valence-corrected chi connectivity index (χ1v) is 31.1. The number of hydrogen-bond donors (Lipinski definition) is 25. The average Bonchev–Trinajstić information content (AvgIpc) is 0.781. The summed E-state index contributed by atoms with van der Waals surface area (Å²) >= 11 is 0. The van der Waals surface area contributed by atoms with Crippen LogP contribution in [-0.2, 0) is 80.6 Å². The SMILES string of the molecule is CCCCCC(=O)OCC1(O)OCC(O)C(O)C1O.OC[C@H]1O[C@@H]2O[C@H]3[C@H](O)[C@@H](O)[C@@H](O[C@H]4[C@@H](O)[C@H](O)[C@@H](O[C@H]5[C@@H](O)[C@H](O)[C@@H](O[C@H]6[C@@H](O)[C@@H](O)[C@@H](O[C@H]7[C@H](O)[C@@H](O)[C@@H](O[C@H]8[C@H](O)[C@@H](O)[C@@H](O[C@H]1[C@H](O)[C@H]2O)O[C@@H]8CO)O[C@@H]7CO)O[C@@H]6CO)O[C@@H]5CO)O[C@@H]4CO)O[C@@H]3CO. The van der Waals surface area contributed by atoms with Crippen LogP contribution in [0.3, 0.4) is 0 Å².